The molecule has 0 aliphatic heterocycles. The molecule has 5 rings (SSSR count). The number of H-pyrrole nitrogens is 1. The van der Waals surface area contributed by atoms with Gasteiger partial charge >= 0.3 is 0 Å². The molecule has 0 aliphatic rings. The predicted octanol–water partition coefficient (Wildman–Crippen LogP) is 5.40. The lowest BCUT2D eigenvalue weighted by Gasteiger charge is -2.13. The Balaban J connectivity index is 1.51. The molecule has 0 saturated carbocycles. The number of rotatable bonds is 6. The largest absolute Gasteiger partial charge is 0.493 e. The van der Waals surface area contributed by atoms with Crippen molar-refractivity contribution in [3.63, 3.8) is 0 Å². The highest BCUT2D eigenvalue weighted by molar-refractivity contribution is 6.10. The van der Waals surface area contributed by atoms with Gasteiger partial charge in [-0.3, -0.25) is 10.1 Å². The topological polar surface area (TPSA) is 100 Å². The third-order valence-electron chi connectivity index (χ3n) is 5.45. The van der Waals surface area contributed by atoms with Crippen molar-refractivity contribution in [1.29, 1.82) is 0 Å². The fraction of sp³-hybridized carbons (Fsp3) is 0.160. The Morgan fingerprint density at radius 2 is 1.91 bits per heavy atom. The summed E-state index contributed by atoms with van der Waals surface area (Å²) in [6.45, 7) is 2.61. The number of nitrogens with one attached hydrogen (secondary N) is 2. The van der Waals surface area contributed by atoms with E-state index in [0.29, 0.717) is 28.8 Å². The van der Waals surface area contributed by atoms with Crippen molar-refractivity contribution >= 4 is 44.4 Å². The van der Waals surface area contributed by atoms with Crippen LogP contribution in [0.25, 0.3) is 32.6 Å². The first-order chi connectivity index (χ1) is 15.6. The summed E-state index contributed by atoms with van der Waals surface area (Å²) in [5.74, 6) is -0.0478. The molecule has 0 bridgehead atoms. The maximum absolute atomic E-state index is 13.2. The summed E-state index contributed by atoms with van der Waals surface area (Å²) in [5, 5.41) is 16.5. The second-order valence-corrected chi connectivity index (χ2v) is 7.62. The van der Waals surface area contributed by atoms with Crippen LogP contribution in [0.3, 0.4) is 0 Å². The molecular weight excluding hydrogens is 404 g/mol. The van der Waals surface area contributed by atoms with Gasteiger partial charge < -0.3 is 14.8 Å². The maximum atomic E-state index is 13.2. The van der Waals surface area contributed by atoms with Crippen molar-refractivity contribution in [2.45, 2.75) is 19.8 Å². The van der Waals surface area contributed by atoms with E-state index in [2.05, 4.69) is 27.2 Å². The van der Waals surface area contributed by atoms with Gasteiger partial charge in [-0.25, -0.2) is 4.98 Å². The van der Waals surface area contributed by atoms with Gasteiger partial charge in [-0.1, -0.05) is 37.6 Å². The summed E-state index contributed by atoms with van der Waals surface area (Å²) in [5.41, 5.74) is 1.81. The van der Waals surface area contributed by atoms with Gasteiger partial charge in [0.1, 0.15) is 5.75 Å². The van der Waals surface area contributed by atoms with Gasteiger partial charge in [-0.2, -0.15) is 4.98 Å². The number of ether oxygens (including phenoxy) is 1. The molecule has 3 N–H and O–H groups in total. The van der Waals surface area contributed by atoms with Crippen LogP contribution in [0.1, 0.15) is 30.1 Å². The molecule has 3 aromatic carbocycles. The van der Waals surface area contributed by atoms with Gasteiger partial charge in [0.15, 0.2) is 0 Å². The monoisotopic (exact) mass is 426 g/mol. The van der Waals surface area contributed by atoms with Gasteiger partial charge in [0.2, 0.25) is 11.8 Å². The Kier molecular flexibility index (Phi) is 5.07. The molecular formula is C25H22N4O3. The molecule has 0 radical (unpaired) electrons. The molecule has 7 heteroatoms. The number of nitrogens with zero attached hydrogens (tertiary/aromatic N) is 2. The van der Waals surface area contributed by atoms with Crippen LogP contribution in [0.2, 0.25) is 0 Å². The lowest BCUT2D eigenvalue weighted by Crippen LogP contribution is -2.16. The van der Waals surface area contributed by atoms with Crippen molar-refractivity contribution < 1.29 is 14.6 Å². The molecule has 0 atom stereocenters. The van der Waals surface area contributed by atoms with E-state index < -0.39 is 5.91 Å². The van der Waals surface area contributed by atoms with Crippen LogP contribution >= 0.6 is 0 Å². The summed E-state index contributed by atoms with van der Waals surface area (Å²) in [4.78, 5) is 24.8. The Bertz CT molecular complexity index is 1460. The molecule has 2 aromatic heterocycles. The number of hydrogen-bond donors (Lipinski definition) is 3. The van der Waals surface area contributed by atoms with E-state index in [-0.39, 0.29) is 11.8 Å². The fourth-order valence-corrected chi connectivity index (χ4v) is 3.81. The minimum Gasteiger partial charge on any atom is -0.493 e. The van der Waals surface area contributed by atoms with Crippen molar-refractivity contribution in [3.8, 4) is 11.6 Å². The normalized spacial score (nSPS) is 11.3. The number of aromatic hydroxyl groups is 1. The number of anilines is 1. The highest BCUT2D eigenvalue weighted by Crippen LogP contribution is 2.31. The van der Waals surface area contributed by atoms with E-state index >= 15 is 0 Å². The number of hydrogen-bond acceptors (Lipinski definition) is 5. The number of fused-ring (bicyclic) bond motifs is 4. The summed E-state index contributed by atoms with van der Waals surface area (Å²) >= 11 is 0. The molecule has 5 aromatic rings. The SMILES string of the molecule is CCCCOc1cc2ccccc2cc1C(=O)Nc1nc(O)c2c(ccc3[nH]ccc32)n1. The van der Waals surface area contributed by atoms with E-state index in [1.165, 1.54) is 0 Å². The molecule has 0 saturated heterocycles. The molecule has 1 amide bonds. The summed E-state index contributed by atoms with van der Waals surface area (Å²) in [7, 11) is 0. The summed E-state index contributed by atoms with van der Waals surface area (Å²) < 4.78 is 5.92. The number of benzene rings is 3. The first-order valence-electron chi connectivity index (χ1n) is 10.6. The lowest BCUT2D eigenvalue weighted by atomic mass is 10.1. The molecule has 0 spiro atoms. The number of amides is 1. The van der Waals surface area contributed by atoms with Crippen LogP contribution < -0.4 is 10.1 Å². The molecule has 7 nitrogen and oxygen atoms in total. The van der Waals surface area contributed by atoms with Gasteiger partial charge in [-0.05, 0) is 47.5 Å². The molecule has 160 valence electrons. The van der Waals surface area contributed by atoms with Gasteiger partial charge in [0.25, 0.3) is 5.91 Å². The van der Waals surface area contributed by atoms with Crippen LogP contribution in [0, 0.1) is 0 Å². The second kappa shape index (κ2) is 8.19. The summed E-state index contributed by atoms with van der Waals surface area (Å²) in [6.07, 6.45) is 3.68. The number of carbonyl (C=O) groups excluding carboxylic acids is 1. The van der Waals surface area contributed by atoms with E-state index in [1.807, 2.05) is 42.5 Å². The van der Waals surface area contributed by atoms with Crippen LogP contribution in [-0.4, -0.2) is 32.6 Å². The zero-order valence-electron chi connectivity index (χ0n) is 17.6. The van der Waals surface area contributed by atoms with Crippen molar-refractivity contribution in [2.24, 2.45) is 0 Å². The molecule has 0 aliphatic carbocycles. The predicted molar refractivity (Wildman–Crippen MR) is 125 cm³/mol. The van der Waals surface area contributed by atoms with E-state index in [1.54, 1.807) is 18.3 Å². The van der Waals surface area contributed by atoms with Gasteiger partial charge in [-0.15, -0.1) is 0 Å². The standard InChI is InChI=1S/C25H22N4O3/c1-2-3-12-32-21-14-16-7-5-4-6-15(16)13-18(21)23(30)28-25-27-20-9-8-19-17(10-11-26-19)22(20)24(31)29-25/h4-11,13-14,26H,2-3,12H2,1H3,(H2,27,28,29,30,31). The highest BCUT2D eigenvalue weighted by Gasteiger charge is 2.18. The van der Waals surface area contributed by atoms with Crippen LogP contribution in [-0.2, 0) is 0 Å². The average Bonchev–Trinajstić information content (AvgIpc) is 3.27. The van der Waals surface area contributed by atoms with Crippen LogP contribution in [0.4, 0.5) is 5.95 Å². The zero-order chi connectivity index (χ0) is 22.1. The second-order valence-electron chi connectivity index (χ2n) is 7.62. The van der Waals surface area contributed by atoms with Crippen molar-refractivity contribution in [2.75, 3.05) is 11.9 Å². The number of aromatic amines is 1. The molecule has 32 heavy (non-hydrogen) atoms. The van der Waals surface area contributed by atoms with Crippen LogP contribution in [0.15, 0.2) is 60.8 Å². The van der Waals surface area contributed by atoms with E-state index in [9.17, 15) is 9.90 Å². The Hall–Kier alpha value is -4.13. The van der Waals surface area contributed by atoms with Gasteiger partial charge in [0.05, 0.1) is 23.1 Å². The van der Waals surface area contributed by atoms with Crippen molar-refractivity contribution in [3.05, 3.63) is 66.4 Å². The number of aromatic nitrogens is 3. The average molecular weight is 426 g/mol. The first-order valence-corrected chi connectivity index (χ1v) is 10.6. The fourth-order valence-electron chi connectivity index (χ4n) is 3.81. The smallest absolute Gasteiger partial charge is 0.261 e. The van der Waals surface area contributed by atoms with E-state index in [0.717, 1.165) is 34.5 Å². The Morgan fingerprint density at radius 3 is 2.72 bits per heavy atom. The molecule has 0 unspecified atom stereocenters. The Morgan fingerprint density at radius 1 is 1.09 bits per heavy atom. The zero-order valence-corrected chi connectivity index (χ0v) is 17.6. The van der Waals surface area contributed by atoms with E-state index in [4.69, 9.17) is 4.74 Å². The molecule has 2 heterocycles. The quantitative estimate of drug-likeness (QED) is 0.316. The van der Waals surface area contributed by atoms with Crippen molar-refractivity contribution in [1.82, 2.24) is 15.0 Å². The molecule has 0 fully saturated rings. The summed E-state index contributed by atoms with van der Waals surface area (Å²) in [6, 6.07) is 17.0. The van der Waals surface area contributed by atoms with Crippen LogP contribution in [0.5, 0.6) is 11.6 Å². The minimum atomic E-state index is -0.399. The highest BCUT2D eigenvalue weighted by atomic mass is 16.5. The van der Waals surface area contributed by atoms with Gasteiger partial charge in [0, 0.05) is 17.1 Å². The number of carbonyl (C=O) groups is 1. The number of unbranched alkanes of at least 4 members (excludes halogenated alkanes) is 1. The minimum absolute atomic E-state index is 0.0301. The maximum Gasteiger partial charge on any atom is 0.261 e. The third kappa shape index (κ3) is 3.58. The first kappa shape index (κ1) is 19.8. The lowest BCUT2D eigenvalue weighted by molar-refractivity contribution is 0.102. The third-order valence-corrected chi connectivity index (χ3v) is 5.45. The Labute approximate surface area is 184 Å².